The monoisotopic (exact) mass is 327 g/mol. The van der Waals surface area contributed by atoms with Gasteiger partial charge in [0.05, 0.1) is 9.40 Å². The van der Waals surface area contributed by atoms with E-state index in [0.29, 0.717) is 16.1 Å². The van der Waals surface area contributed by atoms with Crippen LogP contribution in [-0.4, -0.2) is 16.5 Å². The van der Waals surface area contributed by atoms with Gasteiger partial charge in [0.2, 0.25) is 0 Å². The average Bonchev–Trinajstić information content (AvgIpc) is 2.37. The quantitative estimate of drug-likeness (QED) is 0.670. The molecule has 0 radical (unpaired) electrons. The molecule has 1 aromatic heterocycles. The highest BCUT2D eigenvalue weighted by Gasteiger charge is 2.21. The minimum Gasteiger partial charge on any atom is -0.378 e. The number of anilines is 1. The first kappa shape index (κ1) is 14.2. The van der Waals surface area contributed by atoms with Crippen molar-refractivity contribution in [2.45, 2.75) is 32.6 Å². The van der Waals surface area contributed by atoms with Gasteiger partial charge in [0.15, 0.2) is 0 Å². The molecule has 1 heterocycles. The third-order valence-electron chi connectivity index (χ3n) is 3.69. The normalized spacial score (nSPS) is 23.1. The Kier molecular flexibility index (Phi) is 4.74. The number of nitro groups is 1. The van der Waals surface area contributed by atoms with Crippen LogP contribution in [0.15, 0.2) is 16.9 Å². The van der Waals surface area contributed by atoms with E-state index >= 15 is 0 Å². The Hall–Kier alpha value is -1.17. The zero-order valence-corrected chi connectivity index (χ0v) is 12.5. The summed E-state index contributed by atoms with van der Waals surface area (Å²) in [5, 5.41) is 14.2. The van der Waals surface area contributed by atoms with Crippen molar-refractivity contribution in [3.8, 4) is 0 Å². The molecule has 1 aliphatic carbocycles. The van der Waals surface area contributed by atoms with Crippen LogP contribution in [0.25, 0.3) is 0 Å². The van der Waals surface area contributed by atoms with Gasteiger partial charge in [-0.2, -0.15) is 0 Å². The first-order valence-corrected chi connectivity index (χ1v) is 7.39. The summed E-state index contributed by atoms with van der Waals surface area (Å²) in [6, 6.07) is 0. The predicted octanol–water partition coefficient (Wildman–Crippen LogP) is 3.99. The van der Waals surface area contributed by atoms with E-state index in [1.165, 1.54) is 31.9 Å². The minimum absolute atomic E-state index is 0.0261. The largest absolute Gasteiger partial charge is 0.378 e. The van der Waals surface area contributed by atoms with Crippen LogP contribution in [0.3, 0.4) is 0 Å². The molecule has 2 unspecified atom stereocenters. The lowest BCUT2D eigenvalue weighted by Crippen LogP contribution is -2.21. The Labute approximate surface area is 121 Å². The molecule has 2 atom stereocenters. The second-order valence-electron chi connectivity index (χ2n) is 5.29. The Morgan fingerprint density at radius 1 is 1.53 bits per heavy atom. The fourth-order valence-corrected chi connectivity index (χ4v) is 3.19. The molecule has 1 fully saturated rings. The summed E-state index contributed by atoms with van der Waals surface area (Å²) in [6.07, 6.45) is 7.83. The maximum atomic E-state index is 11.0. The van der Waals surface area contributed by atoms with Crippen LogP contribution in [0.4, 0.5) is 11.4 Å². The van der Waals surface area contributed by atoms with Crippen LogP contribution >= 0.6 is 15.9 Å². The number of rotatable bonds is 4. The molecule has 1 saturated carbocycles. The standard InChI is InChI=1S/C13H18BrN3O2/c1-9-3-2-4-10(5-9)6-16-13-11(14)7-15-8-12(13)17(18)19/h7-10H,2-6H2,1H3,(H,15,16). The SMILES string of the molecule is CC1CCCC(CNc2c(Br)cncc2[N+](=O)[O-])C1. The van der Waals surface area contributed by atoms with Crippen molar-refractivity contribution in [3.05, 3.63) is 27.0 Å². The maximum Gasteiger partial charge on any atom is 0.311 e. The second-order valence-corrected chi connectivity index (χ2v) is 6.15. The molecule has 0 amide bonds. The third kappa shape index (κ3) is 3.65. The molecule has 1 aromatic rings. The zero-order valence-electron chi connectivity index (χ0n) is 10.9. The topological polar surface area (TPSA) is 68.1 Å². The van der Waals surface area contributed by atoms with E-state index in [0.717, 1.165) is 12.5 Å². The Morgan fingerprint density at radius 2 is 2.32 bits per heavy atom. The molecular formula is C13H18BrN3O2. The smallest absolute Gasteiger partial charge is 0.311 e. The fourth-order valence-electron chi connectivity index (χ4n) is 2.73. The Balaban J connectivity index is 2.04. The molecule has 0 spiro atoms. The summed E-state index contributed by atoms with van der Waals surface area (Å²) in [6.45, 7) is 3.06. The van der Waals surface area contributed by atoms with Crippen molar-refractivity contribution in [3.63, 3.8) is 0 Å². The van der Waals surface area contributed by atoms with Gasteiger partial charge in [-0.1, -0.05) is 19.8 Å². The third-order valence-corrected chi connectivity index (χ3v) is 4.29. The molecule has 6 heteroatoms. The highest BCUT2D eigenvalue weighted by atomic mass is 79.9. The summed E-state index contributed by atoms with van der Waals surface area (Å²) < 4.78 is 0.644. The molecule has 0 aromatic carbocycles. The molecule has 2 rings (SSSR count). The van der Waals surface area contributed by atoms with E-state index in [2.05, 4.69) is 33.2 Å². The van der Waals surface area contributed by atoms with Gasteiger partial charge in [0, 0.05) is 12.7 Å². The van der Waals surface area contributed by atoms with Crippen LogP contribution in [0.5, 0.6) is 0 Å². The zero-order chi connectivity index (χ0) is 13.8. The molecule has 19 heavy (non-hydrogen) atoms. The molecule has 104 valence electrons. The number of nitrogens with zero attached hydrogens (tertiary/aromatic N) is 2. The highest BCUT2D eigenvalue weighted by Crippen LogP contribution is 2.33. The van der Waals surface area contributed by atoms with Crippen LogP contribution in [0.1, 0.15) is 32.6 Å². The molecule has 0 aliphatic heterocycles. The summed E-state index contributed by atoms with van der Waals surface area (Å²) in [5.74, 6) is 1.36. The average molecular weight is 328 g/mol. The van der Waals surface area contributed by atoms with Crippen molar-refractivity contribution in [2.24, 2.45) is 11.8 Å². The lowest BCUT2D eigenvalue weighted by Gasteiger charge is -2.27. The van der Waals surface area contributed by atoms with Crippen molar-refractivity contribution >= 4 is 27.3 Å². The first-order chi connectivity index (χ1) is 9.08. The van der Waals surface area contributed by atoms with Crippen LogP contribution in [0, 0.1) is 22.0 Å². The number of aromatic nitrogens is 1. The van der Waals surface area contributed by atoms with Crippen molar-refractivity contribution in [2.75, 3.05) is 11.9 Å². The lowest BCUT2D eigenvalue weighted by molar-refractivity contribution is -0.384. The van der Waals surface area contributed by atoms with Crippen LogP contribution in [-0.2, 0) is 0 Å². The van der Waals surface area contributed by atoms with Gasteiger partial charge in [0.1, 0.15) is 11.9 Å². The lowest BCUT2D eigenvalue weighted by atomic mass is 9.82. The van der Waals surface area contributed by atoms with Crippen LogP contribution < -0.4 is 5.32 Å². The number of pyridine rings is 1. The predicted molar refractivity (Wildman–Crippen MR) is 78.2 cm³/mol. The van der Waals surface area contributed by atoms with Gasteiger partial charge in [-0.15, -0.1) is 0 Å². The molecule has 5 nitrogen and oxygen atoms in total. The van der Waals surface area contributed by atoms with Gasteiger partial charge in [-0.25, -0.2) is 0 Å². The number of hydrogen-bond donors (Lipinski definition) is 1. The fraction of sp³-hybridized carbons (Fsp3) is 0.615. The van der Waals surface area contributed by atoms with Crippen molar-refractivity contribution in [1.82, 2.24) is 4.98 Å². The minimum atomic E-state index is -0.399. The Morgan fingerprint density at radius 3 is 3.00 bits per heavy atom. The van der Waals surface area contributed by atoms with Gasteiger partial charge in [0.25, 0.3) is 0 Å². The van der Waals surface area contributed by atoms with E-state index < -0.39 is 4.92 Å². The summed E-state index contributed by atoms with van der Waals surface area (Å²) >= 11 is 3.32. The number of hydrogen-bond acceptors (Lipinski definition) is 4. The molecule has 0 bridgehead atoms. The van der Waals surface area contributed by atoms with Gasteiger partial charge < -0.3 is 5.32 Å². The van der Waals surface area contributed by atoms with E-state index in [4.69, 9.17) is 0 Å². The highest BCUT2D eigenvalue weighted by molar-refractivity contribution is 9.10. The maximum absolute atomic E-state index is 11.0. The van der Waals surface area contributed by atoms with Gasteiger partial charge >= 0.3 is 5.69 Å². The number of halogens is 1. The summed E-state index contributed by atoms with van der Waals surface area (Å²) in [7, 11) is 0. The van der Waals surface area contributed by atoms with E-state index in [1.54, 1.807) is 6.20 Å². The molecule has 1 aliphatic rings. The molecule has 1 N–H and O–H groups in total. The summed E-state index contributed by atoms with van der Waals surface area (Å²) in [5.41, 5.74) is 0.566. The van der Waals surface area contributed by atoms with Gasteiger partial charge in [-0.3, -0.25) is 15.1 Å². The molecule has 0 saturated heterocycles. The van der Waals surface area contributed by atoms with E-state index in [1.807, 2.05) is 0 Å². The van der Waals surface area contributed by atoms with Gasteiger partial charge in [-0.05, 0) is 40.6 Å². The van der Waals surface area contributed by atoms with Crippen LogP contribution in [0.2, 0.25) is 0 Å². The van der Waals surface area contributed by atoms with E-state index in [9.17, 15) is 10.1 Å². The van der Waals surface area contributed by atoms with Crippen molar-refractivity contribution in [1.29, 1.82) is 0 Å². The van der Waals surface area contributed by atoms with Crippen molar-refractivity contribution < 1.29 is 4.92 Å². The number of nitrogens with one attached hydrogen (secondary N) is 1. The molecular weight excluding hydrogens is 310 g/mol. The Bertz CT molecular complexity index is 467. The second kappa shape index (κ2) is 6.32. The first-order valence-electron chi connectivity index (χ1n) is 6.59. The van der Waals surface area contributed by atoms with E-state index in [-0.39, 0.29) is 5.69 Å². The summed E-state index contributed by atoms with van der Waals surface area (Å²) in [4.78, 5) is 14.4.